The van der Waals surface area contributed by atoms with Crippen LogP contribution < -0.4 is 0 Å². The fraction of sp³-hybridized carbons (Fsp3) is 0.583. The van der Waals surface area contributed by atoms with Crippen LogP contribution in [-0.2, 0) is 0 Å². The molecule has 15 heavy (non-hydrogen) atoms. The van der Waals surface area contributed by atoms with Gasteiger partial charge in [0.2, 0.25) is 0 Å². The minimum atomic E-state index is 0.164. The van der Waals surface area contributed by atoms with Crippen LogP contribution in [-0.4, -0.2) is 5.78 Å². The first-order chi connectivity index (χ1) is 6.82. The van der Waals surface area contributed by atoms with E-state index in [1.165, 1.54) is 11.3 Å². The quantitative estimate of drug-likeness (QED) is 0.707. The van der Waals surface area contributed by atoms with Crippen LogP contribution in [0, 0.1) is 11.3 Å². The van der Waals surface area contributed by atoms with E-state index in [9.17, 15) is 4.79 Å². The van der Waals surface area contributed by atoms with E-state index in [0.717, 1.165) is 0 Å². The fourth-order valence-electron chi connectivity index (χ4n) is 1.17. The summed E-state index contributed by atoms with van der Waals surface area (Å²) >= 11 is 7.35. The van der Waals surface area contributed by atoms with Crippen LogP contribution in [0.3, 0.4) is 0 Å². The van der Waals surface area contributed by atoms with Crippen molar-refractivity contribution in [2.75, 3.05) is 0 Å². The normalized spacial score (nSPS) is 13.9. The summed E-state index contributed by atoms with van der Waals surface area (Å²) in [6.45, 7) is 8.57. The largest absolute Gasteiger partial charge is 0.293 e. The number of carbonyl (C=O) groups excluding carboxylic acids is 1. The Labute approximate surface area is 100 Å². The van der Waals surface area contributed by atoms with Crippen molar-refractivity contribution >= 4 is 28.7 Å². The maximum absolute atomic E-state index is 11.9. The number of carbonyl (C=O) groups is 1. The Morgan fingerprint density at radius 1 is 1.53 bits per heavy atom. The molecule has 0 aliphatic carbocycles. The Kier molecular flexibility index (Phi) is 3.96. The number of halogens is 1. The van der Waals surface area contributed by atoms with Crippen LogP contribution in [0.4, 0.5) is 0 Å². The van der Waals surface area contributed by atoms with Crippen molar-refractivity contribution in [2.24, 2.45) is 11.3 Å². The fourth-order valence-corrected chi connectivity index (χ4v) is 2.28. The van der Waals surface area contributed by atoms with E-state index in [2.05, 4.69) is 27.7 Å². The zero-order valence-electron chi connectivity index (χ0n) is 9.63. The first kappa shape index (κ1) is 12.7. The van der Waals surface area contributed by atoms with Crippen LogP contribution in [0.15, 0.2) is 11.4 Å². The zero-order valence-corrected chi connectivity index (χ0v) is 11.2. The van der Waals surface area contributed by atoms with E-state index < -0.39 is 0 Å². The predicted octanol–water partition coefficient (Wildman–Crippen LogP) is 4.66. The summed E-state index contributed by atoms with van der Waals surface area (Å²) in [6, 6.07) is 1.78. The predicted molar refractivity (Wildman–Crippen MR) is 66.9 cm³/mol. The third kappa shape index (κ3) is 3.32. The number of hydrogen-bond acceptors (Lipinski definition) is 2. The van der Waals surface area contributed by atoms with Crippen LogP contribution in [0.2, 0.25) is 5.02 Å². The lowest BCUT2D eigenvalue weighted by molar-refractivity contribution is 0.0931. The van der Waals surface area contributed by atoms with E-state index in [1.54, 1.807) is 6.07 Å². The van der Waals surface area contributed by atoms with Gasteiger partial charge in [-0.25, -0.2) is 0 Å². The van der Waals surface area contributed by atoms with Crippen LogP contribution in [0.25, 0.3) is 0 Å². The summed E-state index contributed by atoms with van der Waals surface area (Å²) in [5.74, 6) is 0.528. The van der Waals surface area contributed by atoms with Crippen LogP contribution >= 0.6 is 22.9 Å². The van der Waals surface area contributed by atoms with Crippen molar-refractivity contribution in [3.63, 3.8) is 0 Å². The number of thiophene rings is 1. The molecule has 0 aromatic carbocycles. The van der Waals surface area contributed by atoms with Gasteiger partial charge in [-0.2, -0.15) is 0 Å². The Morgan fingerprint density at radius 2 is 2.13 bits per heavy atom. The van der Waals surface area contributed by atoms with Crippen molar-refractivity contribution in [1.29, 1.82) is 0 Å². The summed E-state index contributed by atoms with van der Waals surface area (Å²) in [5, 5.41) is 2.45. The van der Waals surface area contributed by atoms with E-state index in [-0.39, 0.29) is 11.2 Å². The lowest BCUT2D eigenvalue weighted by Crippen LogP contribution is -2.20. The molecule has 0 spiro atoms. The lowest BCUT2D eigenvalue weighted by atomic mass is 9.79. The molecule has 0 amide bonds. The third-order valence-corrected chi connectivity index (χ3v) is 4.22. The van der Waals surface area contributed by atoms with Gasteiger partial charge >= 0.3 is 0 Å². The van der Waals surface area contributed by atoms with Crippen LogP contribution in [0.1, 0.15) is 43.8 Å². The SMILES string of the molecule is CC(CC(=O)c1sccc1Cl)C(C)(C)C. The highest BCUT2D eigenvalue weighted by atomic mass is 35.5. The highest BCUT2D eigenvalue weighted by molar-refractivity contribution is 7.12. The van der Waals surface area contributed by atoms with Gasteiger partial charge in [-0.1, -0.05) is 39.3 Å². The molecule has 1 rings (SSSR count). The van der Waals surface area contributed by atoms with E-state index in [4.69, 9.17) is 11.6 Å². The molecule has 0 N–H and O–H groups in total. The minimum Gasteiger partial charge on any atom is -0.293 e. The van der Waals surface area contributed by atoms with Gasteiger partial charge in [-0.15, -0.1) is 11.3 Å². The maximum Gasteiger partial charge on any atom is 0.174 e. The van der Waals surface area contributed by atoms with Crippen molar-refractivity contribution in [1.82, 2.24) is 0 Å². The second kappa shape index (κ2) is 4.67. The van der Waals surface area contributed by atoms with Gasteiger partial charge in [0.15, 0.2) is 5.78 Å². The minimum absolute atomic E-state index is 0.164. The van der Waals surface area contributed by atoms with Gasteiger partial charge in [0.25, 0.3) is 0 Å². The Balaban J connectivity index is 2.69. The van der Waals surface area contributed by atoms with E-state index >= 15 is 0 Å². The van der Waals surface area contributed by atoms with Gasteiger partial charge in [-0.05, 0) is 22.8 Å². The Hall–Kier alpha value is -0.340. The van der Waals surface area contributed by atoms with Gasteiger partial charge in [0.05, 0.1) is 9.90 Å². The summed E-state index contributed by atoms with van der Waals surface area (Å²) in [5.41, 5.74) is 0.166. The molecule has 0 bridgehead atoms. The average molecular weight is 245 g/mol. The van der Waals surface area contributed by atoms with Gasteiger partial charge in [-0.3, -0.25) is 4.79 Å². The molecule has 0 saturated carbocycles. The summed E-state index contributed by atoms with van der Waals surface area (Å²) in [6.07, 6.45) is 0.573. The first-order valence-electron chi connectivity index (χ1n) is 5.08. The second-order valence-corrected chi connectivity index (χ2v) is 6.32. The number of hydrogen-bond donors (Lipinski definition) is 0. The lowest BCUT2D eigenvalue weighted by Gasteiger charge is -2.26. The molecule has 0 radical (unpaired) electrons. The molecule has 0 saturated heterocycles. The standard InChI is InChI=1S/C12H17ClOS/c1-8(12(2,3)4)7-10(14)11-9(13)5-6-15-11/h5-6,8H,7H2,1-4H3. The van der Waals surface area contributed by atoms with Gasteiger partial charge in [0, 0.05) is 6.42 Å². The molecule has 84 valence electrons. The second-order valence-electron chi connectivity index (χ2n) is 4.99. The molecular weight excluding hydrogens is 228 g/mol. The Morgan fingerprint density at radius 3 is 2.53 bits per heavy atom. The molecule has 0 aliphatic heterocycles. The molecule has 1 heterocycles. The Bertz CT molecular complexity index is 349. The number of ketones is 1. The highest BCUT2D eigenvalue weighted by Gasteiger charge is 2.24. The van der Waals surface area contributed by atoms with Gasteiger partial charge in [0.1, 0.15) is 0 Å². The molecule has 1 aromatic rings. The molecule has 0 aliphatic rings. The number of rotatable bonds is 3. The molecule has 1 nitrogen and oxygen atoms in total. The molecule has 1 unspecified atom stereocenters. The topological polar surface area (TPSA) is 17.1 Å². The summed E-state index contributed by atoms with van der Waals surface area (Å²) < 4.78 is 0. The molecule has 1 aromatic heterocycles. The monoisotopic (exact) mass is 244 g/mol. The zero-order chi connectivity index (χ0) is 11.6. The van der Waals surface area contributed by atoms with E-state index in [1.807, 2.05) is 5.38 Å². The van der Waals surface area contributed by atoms with Crippen molar-refractivity contribution in [3.8, 4) is 0 Å². The highest BCUT2D eigenvalue weighted by Crippen LogP contribution is 2.31. The summed E-state index contributed by atoms with van der Waals surface area (Å²) in [4.78, 5) is 12.6. The van der Waals surface area contributed by atoms with E-state index in [0.29, 0.717) is 22.2 Å². The average Bonchev–Trinajstić information content (AvgIpc) is 2.49. The summed E-state index contributed by atoms with van der Waals surface area (Å²) in [7, 11) is 0. The number of Topliss-reactive ketones (excluding diaryl/α,β-unsaturated/α-hetero) is 1. The molecule has 1 atom stereocenters. The first-order valence-corrected chi connectivity index (χ1v) is 6.34. The molecular formula is C12H17ClOS. The van der Waals surface area contributed by atoms with Crippen LogP contribution in [0.5, 0.6) is 0 Å². The molecule has 3 heteroatoms. The maximum atomic E-state index is 11.9. The third-order valence-electron chi connectivity index (χ3n) is 2.84. The van der Waals surface area contributed by atoms with Crippen molar-refractivity contribution in [3.05, 3.63) is 21.3 Å². The smallest absolute Gasteiger partial charge is 0.174 e. The van der Waals surface area contributed by atoms with Gasteiger partial charge < -0.3 is 0 Å². The van der Waals surface area contributed by atoms with Crippen molar-refractivity contribution in [2.45, 2.75) is 34.1 Å². The molecule has 0 fully saturated rings. The van der Waals surface area contributed by atoms with Crippen molar-refractivity contribution < 1.29 is 4.79 Å².